The first-order chi connectivity index (χ1) is 12.1. The molecule has 0 fully saturated rings. The number of anilines is 2. The smallest absolute Gasteiger partial charge is 0.252 e. The molecule has 1 aliphatic rings. The highest BCUT2D eigenvalue weighted by Gasteiger charge is 2.17. The molecule has 0 saturated heterocycles. The Kier molecular flexibility index (Phi) is 3.83. The molecular formula is C16H20N8O. The van der Waals surface area contributed by atoms with Gasteiger partial charge in [0.2, 0.25) is 5.91 Å². The third-order valence-electron chi connectivity index (χ3n) is 4.54. The van der Waals surface area contributed by atoms with Crippen LogP contribution in [0.4, 0.5) is 11.5 Å². The number of nitrogens with one attached hydrogen (secondary N) is 2. The van der Waals surface area contributed by atoms with E-state index in [9.17, 15) is 4.79 Å². The third-order valence-corrected chi connectivity index (χ3v) is 4.54. The van der Waals surface area contributed by atoms with Crippen molar-refractivity contribution in [3.8, 4) is 0 Å². The highest BCUT2D eigenvalue weighted by molar-refractivity contribution is 5.93. The molecule has 130 valence electrons. The molecule has 0 aliphatic carbocycles. The van der Waals surface area contributed by atoms with Crippen molar-refractivity contribution in [1.82, 2.24) is 29.4 Å². The van der Waals surface area contributed by atoms with Crippen molar-refractivity contribution in [3.63, 3.8) is 0 Å². The predicted octanol–water partition coefficient (Wildman–Crippen LogP) is 1.32. The maximum absolute atomic E-state index is 12.4. The second kappa shape index (κ2) is 6.15. The number of aromatic nitrogens is 6. The van der Waals surface area contributed by atoms with Crippen LogP contribution in [0.25, 0.3) is 5.78 Å². The van der Waals surface area contributed by atoms with Gasteiger partial charge in [-0.05, 0) is 32.3 Å². The monoisotopic (exact) mass is 340 g/mol. The molecule has 3 aromatic rings. The summed E-state index contributed by atoms with van der Waals surface area (Å²) in [6.07, 6.45) is 5.20. The van der Waals surface area contributed by atoms with Gasteiger partial charge >= 0.3 is 0 Å². The lowest BCUT2D eigenvalue weighted by Gasteiger charge is -2.17. The van der Waals surface area contributed by atoms with Crippen molar-refractivity contribution < 1.29 is 4.79 Å². The topological polar surface area (TPSA) is 102 Å². The van der Waals surface area contributed by atoms with Crippen LogP contribution in [0.3, 0.4) is 0 Å². The van der Waals surface area contributed by atoms with Crippen LogP contribution in [0.5, 0.6) is 0 Å². The van der Waals surface area contributed by atoms with Crippen LogP contribution < -0.4 is 10.6 Å². The number of nitrogens with zero attached hydrogens (tertiary/aromatic N) is 6. The predicted molar refractivity (Wildman–Crippen MR) is 92.5 cm³/mol. The quantitative estimate of drug-likeness (QED) is 0.743. The average molecular weight is 340 g/mol. The highest BCUT2D eigenvalue weighted by Crippen LogP contribution is 2.24. The van der Waals surface area contributed by atoms with Crippen LogP contribution in [0.15, 0.2) is 12.5 Å². The van der Waals surface area contributed by atoms with E-state index in [1.54, 1.807) is 10.7 Å². The lowest BCUT2D eigenvalue weighted by Crippen LogP contribution is -2.20. The van der Waals surface area contributed by atoms with Gasteiger partial charge in [-0.3, -0.25) is 4.79 Å². The molecule has 3 aromatic heterocycles. The summed E-state index contributed by atoms with van der Waals surface area (Å²) in [5.74, 6) is 1.43. The van der Waals surface area contributed by atoms with Crippen LogP contribution in [-0.4, -0.2) is 41.8 Å². The van der Waals surface area contributed by atoms with Gasteiger partial charge in [-0.15, -0.1) is 0 Å². The lowest BCUT2D eigenvalue weighted by molar-refractivity contribution is -0.116. The first-order valence-electron chi connectivity index (χ1n) is 8.39. The van der Waals surface area contributed by atoms with Gasteiger partial charge in [0.1, 0.15) is 17.8 Å². The van der Waals surface area contributed by atoms with E-state index >= 15 is 0 Å². The number of carbonyl (C=O) groups is 1. The van der Waals surface area contributed by atoms with Crippen molar-refractivity contribution >= 4 is 23.2 Å². The molecule has 25 heavy (non-hydrogen) atoms. The summed E-state index contributed by atoms with van der Waals surface area (Å²) < 4.78 is 3.59. The van der Waals surface area contributed by atoms with Crippen LogP contribution >= 0.6 is 0 Å². The molecule has 0 atom stereocenters. The Labute approximate surface area is 144 Å². The summed E-state index contributed by atoms with van der Waals surface area (Å²) in [7, 11) is 0. The molecule has 0 aromatic carbocycles. The molecule has 0 spiro atoms. The summed E-state index contributed by atoms with van der Waals surface area (Å²) in [6, 6.07) is 0. The van der Waals surface area contributed by atoms with Crippen molar-refractivity contribution in [1.29, 1.82) is 0 Å². The summed E-state index contributed by atoms with van der Waals surface area (Å²) in [4.78, 5) is 20.9. The van der Waals surface area contributed by atoms with E-state index < -0.39 is 0 Å². The molecular weight excluding hydrogens is 320 g/mol. The van der Waals surface area contributed by atoms with Crippen molar-refractivity contribution in [3.05, 3.63) is 29.5 Å². The fourth-order valence-electron chi connectivity index (χ4n) is 3.24. The number of amides is 1. The third kappa shape index (κ3) is 2.81. The summed E-state index contributed by atoms with van der Waals surface area (Å²) in [5, 5.41) is 14.7. The largest absolute Gasteiger partial charge is 0.368 e. The molecule has 0 radical (unpaired) electrons. The standard InChI is InChI=1S/C16H20N8O/c1-10-12(11(2)24-16(21-10)18-9-20-24)4-5-14(25)22-13-8-19-23-7-3-6-17-15(13)23/h8-9,17H,3-7H2,1-2H3,(H,22,25). The van der Waals surface area contributed by atoms with E-state index in [0.29, 0.717) is 18.6 Å². The number of hydrogen-bond donors (Lipinski definition) is 2. The van der Waals surface area contributed by atoms with Crippen molar-refractivity contribution in [2.75, 3.05) is 17.2 Å². The molecule has 0 bridgehead atoms. The fourth-order valence-corrected chi connectivity index (χ4v) is 3.24. The second-order valence-electron chi connectivity index (χ2n) is 6.19. The number of carbonyl (C=O) groups excluding carboxylic acids is 1. The van der Waals surface area contributed by atoms with Crippen LogP contribution in [0, 0.1) is 13.8 Å². The Bertz CT molecular complexity index is 941. The zero-order valence-electron chi connectivity index (χ0n) is 14.3. The molecule has 9 nitrogen and oxygen atoms in total. The summed E-state index contributed by atoms with van der Waals surface area (Å²) in [6.45, 7) is 5.69. The zero-order valence-corrected chi connectivity index (χ0v) is 14.3. The molecule has 1 aliphatic heterocycles. The summed E-state index contributed by atoms with van der Waals surface area (Å²) >= 11 is 0. The van der Waals surface area contributed by atoms with Crippen molar-refractivity contribution in [2.45, 2.75) is 39.7 Å². The van der Waals surface area contributed by atoms with Crippen LogP contribution in [0.2, 0.25) is 0 Å². The average Bonchev–Trinajstić information content (AvgIpc) is 3.22. The number of fused-ring (bicyclic) bond motifs is 2. The molecule has 9 heteroatoms. The van der Waals surface area contributed by atoms with Crippen LogP contribution in [0.1, 0.15) is 29.8 Å². The Morgan fingerprint density at radius 1 is 1.36 bits per heavy atom. The van der Waals surface area contributed by atoms with E-state index in [1.165, 1.54) is 6.33 Å². The highest BCUT2D eigenvalue weighted by atomic mass is 16.1. The minimum Gasteiger partial charge on any atom is -0.368 e. The van der Waals surface area contributed by atoms with Gasteiger partial charge in [0.25, 0.3) is 5.78 Å². The Morgan fingerprint density at radius 3 is 3.12 bits per heavy atom. The first kappa shape index (κ1) is 15.6. The van der Waals surface area contributed by atoms with Gasteiger partial charge in [0, 0.05) is 30.9 Å². The molecule has 0 saturated carbocycles. The number of hydrogen-bond acceptors (Lipinski definition) is 6. The molecule has 4 rings (SSSR count). The first-order valence-corrected chi connectivity index (χ1v) is 8.39. The van der Waals surface area contributed by atoms with E-state index in [4.69, 9.17) is 0 Å². The minimum atomic E-state index is -0.0411. The normalized spacial score (nSPS) is 13.5. The van der Waals surface area contributed by atoms with Gasteiger partial charge in [0.15, 0.2) is 0 Å². The lowest BCUT2D eigenvalue weighted by atomic mass is 10.1. The van der Waals surface area contributed by atoms with Gasteiger partial charge < -0.3 is 10.6 Å². The van der Waals surface area contributed by atoms with E-state index in [-0.39, 0.29) is 5.91 Å². The minimum absolute atomic E-state index is 0.0411. The fraction of sp³-hybridized carbons (Fsp3) is 0.438. The Morgan fingerprint density at radius 2 is 2.24 bits per heavy atom. The zero-order chi connectivity index (χ0) is 17.4. The Hall–Kier alpha value is -2.97. The van der Waals surface area contributed by atoms with Gasteiger partial charge in [0.05, 0.1) is 6.20 Å². The Balaban J connectivity index is 1.46. The van der Waals surface area contributed by atoms with E-state index in [2.05, 4.69) is 30.8 Å². The van der Waals surface area contributed by atoms with Gasteiger partial charge in [-0.2, -0.15) is 15.2 Å². The molecule has 1 amide bonds. The maximum atomic E-state index is 12.4. The molecule has 4 heterocycles. The van der Waals surface area contributed by atoms with Crippen LogP contribution in [-0.2, 0) is 17.8 Å². The van der Waals surface area contributed by atoms with Gasteiger partial charge in [-0.25, -0.2) is 14.2 Å². The maximum Gasteiger partial charge on any atom is 0.252 e. The second-order valence-corrected chi connectivity index (χ2v) is 6.19. The van der Waals surface area contributed by atoms with E-state index in [0.717, 1.165) is 48.0 Å². The SMILES string of the molecule is Cc1nc2ncnn2c(C)c1CCC(=O)Nc1cnn2c1NCCC2. The molecule has 2 N–H and O–H groups in total. The number of rotatable bonds is 4. The number of aryl methyl sites for hydroxylation is 3. The van der Waals surface area contributed by atoms with Gasteiger partial charge in [-0.1, -0.05) is 0 Å². The van der Waals surface area contributed by atoms with Crippen molar-refractivity contribution in [2.24, 2.45) is 0 Å². The summed E-state index contributed by atoms with van der Waals surface area (Å²) in [5.41, 5.74) is 3.62. The van der Waals surface area contributed by atoms with E-state index in [1.807, 2.05) is 18.5 Å². The molecule has 0 unspecified atom stereocenters.